The number of rotatable bonds is 4. The largest absolute Gasteiger partial charge is 0.478 e. The van der Waals surface area contributed by atoms with Crippen molar-refractivity contribution in [3.8, 4) is 0 Å². The molecule has 0 saturated heterocycles. The summed E-state index contributed by atoms with van der Waals surface area (Å²) in [4.78, 5) is 15.2. The van der Waals surface area contributed by atoms with E-state index in [4.69, 9.17) is 0 Å². The Labute approximate surface area is 128 Å². The van der Waals surface area contributed by atoms with Crippen LogP contribution in [0.5, 0.6) is 0 Å². The molecule has 0 atom stereocenters. The van der Waals surface area contributed by atoms with Crippen molar-refractivity contribution in [1.82, 2.24) is 4.90 Å². The molecule has 0 radical (unpaired) electrons. The fourth-order valence-corrected chi connectivity index (χ4v) is 3.87. The van der Waals surface area contributed by atoms with Crippen molar-refractivity contribution in [3.05, 3.63) is 57.3 Å². The Morgan fingerprint density at radius 1 is 1.29 bits per heavy atom. The Hall–Kier alpha value is -1.65. The van der Waals surface area contributed by atoms with Gasteiger partial charge >= 0.3 is 5.97 Å². The van der Waals surface area contributed by atoms with Crippen LogP contribution in [-0.2, 0) is 19.4 Å². The summed E-state index contributed by atoms with van der Waals surface area (Å²) in [6.07, 6.45) is 3.16. The monoisotopic (exact) mass is 301 g/mol. The molecule has 1 aromatic carbocycles. The van der Waals surface area contributed by atoms with Crippen LogP contribution >= 0.6 is 11.3 Å². The molecule has 0 aliphatic carbocycles. The maximum Gasteiger partial charge on any atom is 0.335 e. The second kappa shape index (κ2) is 6.41. The number of carboxylic acids is 1. The fourth-order valence-electron chi connectivity index (χ4n) is 2.93. The van der Waals surface area contributed by atoms with Crippen LogP contribution in [-0.4, -0.2) is 29.1 Å². The molecule has 110 valence electrons. The lowest BCUT2D eigenvalue weighted by molar-refractivity contribution is 0.0695. The second-order valence-corrected chi connectivity index (χ2v) is 6.46. The molecule has 0 fully saturated rings. The van der Waals surface area contributed by atoms with E-state index in [1.807, 2.05) is 23.5 Å². The van der Waals surface area contributed by atoms with Gasteiger partial charge in [0.2, 0.25) is 0 Å². The number of hydrogen-bond donors (Lipinski definition) is 1. The number of fused-ring (bicyclic) bond motifs is 1. The maximum absolute atomic E-state index is 11.2. The molecule has 1 N–H and O–H groups in total. The Kier molecular flexibility index (Phi) is 4.36. The highest BCUT2D eigenvalue weighted by Gasteiger charge is 2.16. The molecule has 0 amide bonds. The third-order valence-corrected chi connectivity index (χ3v) is 5.08. The highest BCUT2D eigenvalue weighted by molar-refractivity contribution is 7.10. The third-order valence-electron chi connectivity index (χ3n) is 4.05. The minimum Gasteiger partial charge on any atom is -0.478 e. The maximum atomic E-state index is 11.2. The number of benzene rings is 1. The number of carbonyl (C=O) groups is 1. The Bertz CT molecular complexity index is 635. The van der Waals surface area contributed by atoms with E-state index < -0.39 is 5.97 Å². The summed E-state index contributed by atoms with van der Waals surface area (Å²) in [5.41, 5.74) is 2.81. The normalized spacial score (nSPS) is 15.4. The van der Waals surface area contributed by atoms with E-state index in [1.165, 1.54) is 23.3 Å². The molecule has 0 unspecified atom stereocenters. The Morgan fingerprint density at radius 2 is 2.14 bits per heavy atom. The topological polar surface area (TPSA) is 40.5 Å². The molecule has 2 heterocycles. The Balaban J connectivity index is 1.67. The van der Waals surface area contributed by atoms with Gasteiger partial charge in [-0.15, -0.1) is 11.3 Å². The number of thiophene rings is 1. The molecule has 0 spiro atoms. The third kappa shape index (κ3) is 3.34. The van der Waals surface area contributed by atoms with Crippen molar-refractivity contribution in [1.29, 1.82) is 0 Å². The van der Waals surface area contributed by atoms with Crippen molar-refractivity contribution in [2.45, 2.75) is 25.8 Å². The van der Waals surface area contributed by atoms with E-state index in [-0.39, 0.29) is 0 Å². The van der Waals surface area contributed by atoms with Gasteiger partial charge in [0.25, 0.3) is 0 Å². The lowest BCUT2D eigenvalue weighted by atomic mass is 10.0. The van der Waals surface area contributed by atoms with Gasteiger partial charge in [-0.1, -0.05) is 18.2 Å². The lowest BCUT2D eigenvalue weighted by Crippen LogP contribution is -2.26. The number of carboxylic acid groups (broad SMARTS) is 1. The first kappa shape index (κ1) is 14.3. The highest BCUT2D eigenvalue weighted by Crippen LogP contribution is 2.24. The highest BCUT2D eigenvalue weighted by atomic mass is 32.1. The van der Waals surface area contributed by atoms with Crippen LogP contribution in [0.1, 0.15) is 32.8 Å². The van der Waals surface area contributed by atoms with Gasteiger partial charge in [-0.2, -0.15) is 0 Å². The summed E-state index contributed by atoms with van der Waals surface area (Å²) in [6, 6.07) is 9.55. The molecule has 2 aromatic rings. The summed E-state index contributed by atoms with van der Waals surface area (Å²) < 4.78 is 0. The van der Waals surface area contributed by atoms with Crippen LogP contribution < -0.4 is 0 Å². The number of hydrogen-bond acceptors (Lipinski definition) is 3. The minimum absolute atomic E-state index is 0.434. The van der Waals surface area contributed by atoms with Crippen LogP contribution in [0.25, 0.3) is 0 Å². The van der Waals surface area contributed by atoms with E-state index in [0.717, 1.165) is 31.6 Å². The van der Waals surface area contributed by atoms with Crippen molar-refractivity contribution < 1.29 is 9.90 Å². The number of aromatic carboxylic acids is 1. The van der Waals surface area contributed by atoms with Gasteiger partial charge in [0.15, 0.2) is 0 Å². The van der Waals surface area contributed by atoms with Gasteiger partial charge in [0.05, 0.1) is 5.56 Å². The minimum atomic E-state index is -0.832. The zero-order valence-corrected chi connectivity index (χ0v) is 12.7. The van der Waals surface area contributed by atoms with Gasteiger partial charge in [-0.25, -0.2) is 4.79 Å². The summed E-state index contributed by atoms with van der Waals surface area (Å²) in [5.74, 6) is -0.832. The summed E-state index contributed by atoms with van der Waals surface area (Å²) in [6.45, 7) is 3.00. The van der Waals surface area contributed by atoms with E-state index in [1.54, 1.807) is 12.1 Å². The van der Waals surface area contributed by atoms with Crippen LogP contribution in [0.4, 0.5) is 0 Å². The molecule has 3 rings (SSSR count). The van der Waals surface area contributed by atoms with Crippen molar-refractivity contribution in [2.24, 2.45) is 0 Å². The molecule has 3 nitrogen and oxygen atoms in total. The van der Waals surface area contributed by atoms with Gasteiger partial charge in [0, 0.05) is 18.0 Å². The van der Waals surface area contributed by atoms with Crippen molar-refractivity contribution in [3.63, 3.8) is 0 Å². The molecule has 1 aliphatic heterocycles. The molecular formula is C17H19NO2S. The molecular weight excluding hydrogens is 282 g/mol. The molecule has 21 heavy (non-hydrogen) atoms. The SMILES string of the molecule is O=C(O)c1ccccc1CCN1CCCc2sccc2C1. The molecule has 1 aliphatic rings. The smallest absolute Gasteiger partial charge is 0.335 e. The fraction of sp³-hybridized carbons (Fsp3) is 0.353. The Morgan fingerprint density at radius 3 is 3.00 bits per heavy atom. The van der Waals surface area contributed by atoms with Gasteiger partial charge in [0.1, 0.15) is 0 Å². The van der Waals surface area contributed by atoms with Crippen molar-refractivity contribution >= 4 is 17.3 Å². The molecule has 0 saturated carbocycles. The van der Waals surface area contributed by atoms with E-state index in [2.05, 4.69) is 16.3 Å². The number of nitrogens with zero attached hydrogens (tertiary/aromatic N) is 1. The van der Waals surface area contributed by atoms with E-state index in [0.29, 0.717) is 5.56 Å². The van der Waals surface area contributed by atoms with Crippen LogP contribution in [0, 0.1) is 0 Å². The van der Waals surface area contributed by atoms with E-state index in [9.17, 15) is 9.90 Å². The average Bonchev–Trinajstić information content (AvgIpc) is 2.83. The first-order valence-corrected chi connectivity index (χ1v) is 8.21. The predicted octanol–water partition coefficient (Wildman–Crippen LogP) is 3.44. The van der Waals surface area contributed by atoms with Gasteiger partial charge in [-0.3, -0.25) is 4.90 Å². The summed E-state index contributed by atoms with van der Waals surface area (Å²) >= 11 is 1.86. The number of aryl methyl sites for hydroxylation is 1. The van der Waals surface area contributed by atoms with Crippen LogP contribution in [0.2, 0.25) is 0 Å². The predicted molar refractivity (Wildman–Crippen MR) is 85.0 cm³/mol. The average molecular weight is 301 g/mol. The molecule has 1 aromatic heterocycles. The summed E-state index contributed by atoms with van der Waals surface area (Å²) in [7, 11) is 0. The summed E-state index contributed by atoms with van der Waals surface area (Å²) in [5, 5.41) is 11.4. The first-order valence-electron chi connectivity index (χ1n) is 7.33. The van der Waals surface area contributed by atoms with Gasteiger partial charge < -0.3 is 5.11 Å². The second-order valence-electron chi connectivity index (χ2n) is 5.46. The van der Waals surface area contributed by atoms with Crippen LogP contribution in [0.15, 0.2) is 35.7 Å². The zero-order valence-electron chi connectivity index (χ0n) is 11.9. The first-order chi connectivity index (χ1) is 10.2. The molecule has 0 bridgehead atoms. The van der Waals surface area contributed by atoms with Gasteiger partial charge in [-0.05, 0) is 54.4 Å². The molecule has 4 heteroatoms. The van der Waals surface area contributed by atoms with E-state index >= 15 is 0 Å². The van der Waals surface area contributed by atoms with Crippen LogP contribution in [0.3, 0.4) is 0 Å². The zero-order chi connectivity index (χ0) is 14.7. The standard InChI is InChI=1S/C17H19NO2S/c19-17(20)15-5-2-1-4-13(15)7-10-18-9-3-6-16-14(12-18)8-11-21-16/h1-2,4-5,8,11H,3,6-7,9-10,12H2,(H,19,20). The lowest BCUT2D eigenvalue weighted by Gasteiger charge is -2.20. The van der Waals surface area contributed by atoms with Crippen molar-refractivity contribution in [2.75, 3.05) is 13.1 Å². The quantitative estimate of drug-likeness (QED) is 0.940.